The van der Waals surface area contributed by atoms with Gasteiger partial charge < -0.3 is 14.5 Å². The molecular formula is C24H24N4O3S2. The highest BCUT2D eigenvalue weighted by Gasteiger charge is 2.13. The predicted molar refractivity (Wildman–Crippen MR) is 131 cm³/mol. The van der Waals surface area contributed by atoms with Crippen molar-refractivity contribution in [3.63, 3.8) is 0 Å². The lowest BCUT2D eigenvalue weighted by atomic mass is 10.1. The molecule has 0 aliphatic rings. The highest BCUT2D eigenvalue weighted by atomic mass is 32.2. The number of amides is 1. The maximum atomic E-state index is 12.3. The minimum absolute atomic E-state index is 0.137. The van der Waals surface area contributed by atoms with Gasteiger partial charge in [0.25, 0.3) is 11.1 Å². The monoisotopic (exact) mass is 480 g/mol. The summed E-state index contributed by atoms with van der Waals surface area (Å²) < 4.78 is 11.4. The third-order valence-electron chi connectivity index (χ3n) is 5.02. The molecule has 0 fully saturated rings. The summed E-state index contributed by atoms with van der Waals surface area (Å²) in [6.45, 7) is 8.31. The van der Waals surface area contributed by atoms with Gasteiger partial charge in [-0.25, -0.2) is 4.98 Å². The zero-order valence-electron chi connectivity index (χ0n) is 18.8. The first-order valence-corrected chi connectivity index (χ1v) is 12.2. The fourth-order valence-electron chi connectivity index (χ4n) is 3.00. The number of thioether (sulfide) groups is 1. The van der Waals surface area contributed by atoms with Crippen molar-refractivity contribution < 1.29 is 13.9 Å². The van der Waals surface area contributed by atoms with Crippen molar-refractivity contribution in [2.45, 2.75) is 39.5 Å². The number of hydrogen-bond acceptors (Lipinski definition) is 8. The Hall–Kier alpha value is -3.17. The maximum Gasteiger partial charge on any atom is 0.277 e. The van der Waals surface area contributed by atoms with Crippen LogP contribution in [0, 0.1) is 27.7 Å². The van der Waals surface area contributed by atoms with Gasteiger partial charge in [0, 0.05) is 10.9 Å². The Labute approximate surface area is 200 Å². The summed E-state index contributed by atoms with van der Waals surface area (Å²) >= 11 is 2.57. The Morgan fingerprint density at radius 1 is 1.06 bits per heavy atom. The SMILES string of the molecule is Cc1ccc(C)c(OCc2nnc(SCC(=O)Nc3nc(-c4ccc(C)c(C)c4)cs3)o2)c1. The van der Waals surface area contributed by atoms with E-state index in [1.807, 2.05) is 43.5 Å². The van der Waals surface area contributed by atoms with E-state index in [9.17, 15) is 4.79 Å². The van der Waals surface area contributed by atoms with Gasteiger partial charge in [-0.05, 0) is 62.1 Å². The van der Waals surface area contributed by atoms with Crippen molar-refractivity contribution in [1.29, 1.82) is 0 Å². The van der Waals surface area contributed by atoms with E-state index in [1.165, 1.54) is 34.2 Å². The third-order valence-corrected chi connectivity index (χ3v) is 6.60. The van der Waals surface area contributed by atoms with Gasteiger partial charge in [0.1, 0.15) is 5.75 Å². The van der Waals surface area contributed by atoms with Crippen molar-refractivity contribution in [3.05, 3.63) is 69.9 Å². The van der Waals surface area contributed by atoms with E-state index in [0.29, 0.717) is 16.2 Å². The molecule has 170 valence electrons. The average Bonchev–Trinajstić information content (AvgIpc) is 3.44. The quantitative estimate of drug-likeness (QED) is 0.322. The zero-order chi connectivity index (χ0) is 23.4. The second-order valence-electron chi connectivity index (χ2n) is 7.69. The topological polar surface area (TPSA) is 90.1 Å². The Balaban J connectivity index is 1.27. The molecule has 0 radical (unpaired) electrons. The number of rotatable bonds is 8. The molecule has 0 spiro atoms. The molecule has 1 N–H and O–H groups in total. The Bertz CT molecular complexity index is 1280. The van der Waals surface area contributed by atoms with Gasteiger partial charge in [-0.3, -0.25) is 4.79 Å². The Kier molecular flexibility index (Phi) is 7.10. The molecule has 4 rings (SSSR count). The van der Waals surface area contributed by atoms with Crippen LogP contribution in [0.3, 0.4) is 0 Å². The van der Waals surface area contributed by atoms with Gasteiger partial charge in [0.15, 0.2) is 11.7 Å². The number of ether oxygens (including phenoxy) is 1. The van der Waals surface area contributed by atoms with E-state index in [0.717, 1.165) is 28.1 Å². The van der Waals surface area contributed by atoms with Gasteiger partial charge in [-0.15, -0.1) is 21.5 Å². The molecule has 2 heterocycles. The number of hydrogen-bond donors (Lipinski definition) is 1. The highest BCUT2D eigenvalue weighted by molar-refractivity contribution is 7.99. The summed E-state index contributed by atoms with van der Waals surface area (Å²) in [5, 5.41) is 13.6. The minimum Gasteiger partial charge on any atom is -0.484 e. The van der Waals surface area contributed by atoms with Crippen molar-refractivity contribution in [3.8, 4) is 17.0 Å². The fourth-order valence-corrected chi connectivity index (χ4v) is 4.32. The van der Waals surface area contributed by atoms with Crippen LogP contribution in [-0.4, -0.2) is 26.8 Å². The molecule has 33 heavy (non-hydrogen) atoms. The fraction of sp³-hybridized carbons (Fsp3) is 0.250. The van der Waals surface area contributed by atoms with E-state index in [1.54, 1.807) is 0 Å². The number of nitrogens with zero attached hydrogens (tertiary/aromatic N) is 3. The van der Waals surface area contributed by atoms with Crippen LogP contribution in [0.2, 0.25) is 0 Å². The van der Waals surface area contributed by atoms with Crippen LogP contribution in [0.15, 0.2) is 51.4 Å². The minimum atomic E-state index is -0.188. The van der Waals surface area contributed by atoms with Crippen molar-refractivity contribution in [2.75, 3.05) is 11.1 Å². The van der Waals surface area contributed by atoms with Crippen LogP contribution in [0.25, 0.3) is 11.3 Å². The normalized spacial score (nSPS) is 10.9. The third kappa shape index (κ3) is 6.00. The number of aryl methyl sites for hydroxylation is 4. The van der Waals surface area contributed by atoms with Crippen molar-refractivity contribution in [2.24, 2.45) is 0 Å². The van der Waals surface area contributed by atoms with E-state index in [-0.39, 0.29) is 18.3 Å². The number of aromatic nitrogens is 3. The summed E-state index contributed by atoms with van der Waals surface area (Å²) in [6.07, 6.45) is 0. The van der Waals surface area contributed by atoms with Crippen LogP contribution in [0.4, 0.5) is 5.13 Å². The Morgan fingerprint density at radius 2 is 1.88 bits per heavy atom. The summed E-state index contributed by atoms with van der Waals surface area (Å²) in [7, 11) is 0. The van der Waals surface area contributed by atoms with Gasteiger partial charge in [-0.2, -0.15) is 0 Å². The predicted octanol–water partition coefficient (Wildman–Crippen LogP) is 5.74. The lowest BCUT2D eigenvalue weighted by Gasteiger charge is -2.07. The van der Waals surface area contributed by atoms with E-state index >= 15 is 0 Å². The molecule has 1 amide bonds. The number of carbonyl (C=O) groups excluding carboxylic acids is 1. The molecule has 7 nitrogen and oxygen atoms in total. The van der Waals surface area contributed by atoms with Crippen LogP contribution < -0.4 is 10.1 Å². The molecular weight excluding hydrogens is 456 g/mol. The molecule has 0 saturated heterocycles. The molecule has 0 saturated carbocycles. The smallest absolute Gasteiger partial charge is 0.277 e. The van der Waals surface area contributed by atoms with E-state index in [2.05, 4.69) is 46.5 Å². The molecule has 9 heteroatoms. The summed E-state index contributed by atoms with van der Waals surface area (Å²) in [5.41, 5.74) is 6.47. The second kappa shape index (κ2) is 10.2. The summed E-state index contributed by atoms with van der Waals surface area (Å²) in [4.78, 5) is 16.9. The molecule has 0 aliphatic carbocycles. The van der Waals surface area contributed by atoms with Crippen LogP contribution in [-0.2, 0) is 11.4 Å². The lowest BCUT2D eigenvalue weighted by molar-refractivity contribution is -0.113. The number of benzene rings is 2. The van der Waals surface area contributed by atoms with Crippen LogP contribution >= 0.6 is 23.1 Å². The zero-order valence-corrected chi connectivity index (χ0v) is 20.5. The molecule has 0 unspecified atom stereocenters. The molecule has 0 atom stereocenters. The van der Waals surface area contributed by atoms with Gasteiger partial charge in [0.2, 0.25) is 5.91 Å². The number of nitrogens with one attached hydrogen (secondary N) is 1. The first kappa shape index (κ1) is 23.0. The second-order valence-corrected chi connectivity index (χ2v) is 9.48. The van der Waals surface area contributed by atoms with E-state index in [4.69, 9.17) is 9.15 Å². The number of carbonyl (C=O) groups is 1. The largest absolute Gasteiger partial charge is 0.484 e. The standard InChI is InChI=1S/C24H24N4O3S2/c1-14-5-6-16(3)20(9-14)30-11-22-27-28-24(31-22)33-13-21(29)26-23-25-19(12-32-23)18-8-7-15(2)17(4)10-18/h5-10,12H,11,13H2,1-4H3,(H,25,26,29). The van der Waals surface area contributed by atoms with Crippen LogP contribution in [0.1, 0.15) is 28.1 Å². The molecule has 4 aromatic rings. The van der Waals surface area contributed by atoms with Gasteiger partial charge >= 0.3 is 0 Å². The highest BCUT2D eigenvalue weighted by Crippen LogP contribution is 2.27. The Morgan fingerprint density at radius 3 is 2.70 bits per heavy atom. The van der Waals surface area contributed by atoms with E-state index < -0.39 is 0 Å². The molecule has 2 aromatic carbocycles. The number of thiazole rings is 1. The van der Waals surface area contributed by atoms with Crippen molar-refractivity contribution in [1.82, 2.24) is 15.2 Å². The summed E-state index contributed by atoms with van der Waals surface area (Å²) in [6, 6.07) is 12.2. The molecule has 0 bridgehead atoms. The first-order valence-electron chi connectivity index (χ1n) is 10.4. The van der Waals surface area contributed by atoms with Gasteiger partial charge in [0.05, 0.1) is 11.4 Å². The summed E-state index contributed by atoms with van der Waals surface area (Å²) in [5.74, 6) is 1.09. The maximum absolute atomic E-state index is 12.3. The lowest BCUT2D eigenvalue weighted by Crippen LogP contribution is -2.13. The average molecular weight is 481 g/mol. The van der Waals surface area contributed by atoms with Crippen LogP contribution in [0.5, 0.6) is 5.75 Å². The number of anilines is 1. The molecule has 0 aliphatic heterocycles. The van der Waals surface area contributed by atoms with Crippen molar-refractivity contribution >= 4 is 34.1 Å². The van der Waals surface area contributed by atoms with Gasteiger partial charge in [-0.1, -0.05) is 36.0 Å². The first-order chi connectivity index (χ1) is 15.9. The molecule has 2 aromatic heterocycles.